The van der Waals surface area contributed by atoms with E-state index >= 15 is 0 Å². The molecular formula is C16H25N5O3. The maximum absolute atomic E-state index is 12.4. The van der Waals surface area contributed by atoms with Crippen molar-refractivity contribution in [3.63, 3.8) is 0 Å². The van der Waals surface area contributed by atoms with Crippen molar-refractivity contribution in [2.75, 3.05) is 18.4 Å². The molecule has 0 bridgehead atoms. The summed E-state index contributed by atoms with van der Waals surface area (Å²) in [7, 11) is 0. The molecule has 0 spiro atoms. The van der Waals surface area contributed by atoms with Crippen LogP contribution in [0.4, 0.5) is 10.5 Å². The Bertz CT molecular complexity index is 577. The van der Waals surface area contributed by atoms with Crippen LogP contribution < -0.4 is 27.4 Å². The van der Waals surface area contributed by atoms with Gasteiger partial charge in [0.25, 0.3) is 5.91 Å². The fourth-order valence-corrected chi connectivity index (χ4v) is 2.14. The second-order valence-corrected chi connectivity index (χ2v) is 5.28. The number of hydrogen-bond acceptors (Lipinski definition) is 4. The number of nitrogens with two attached hydrogens (primary N) is 2. The number of hydrogen-bond donors (Lipinski definition) is 5. The second kappa shape index (κ2) is 10.2. The Morgan fingerprint density at radius 3 is 2.54 bits per heavy atom. The highest BCUT2D eigenvalue weighted by molar-refractivity contribution is 6.05. The van der Waals surface area contributed by atoms with E-state index in [1.165, 1.54) is 0 Å². The predicted molar refractivity (Wildman–Crippen MR) is 92.5 cm³/mol. The van der Waals surface area contributed by atoms with Crippen LogP contribution >= 0.6 is 0 Å². The summed E-state index contributed by atoms with van der Waals surface area (Å²) >= 11 is 0. The van der Waals surface area contributed by atoms with Gasteiger partial charge >= 0.3 is 6.03 Å². The summed E-state index contributed by atoms with van der Waals surface area (Å²) in [5.74, 6) is -0.745. The lowest BCUT2D eigenvalue weighted by atomic mass is 10.1. The highest BCUT2D eigenvalue weighted by Gasteiger charge is 2.21. The van der Waals surface area contributed by atoms with Crippen molar-refractivity contribution in [3.05, 3.63) is 29.8 Å². The minimum atomic E-state index is -0.764. The number of benzene rings is 1. The van der Waals surface area contributed by atoms with Crippen LogP contribution in [0, 0.1) is 0 Å². The van der Waals surface area contributed by atoms with Crippen LogP contribution in [-0.4, -0.2) is 37.0 Å². The molecule has 132 valence electrons. The second-order valence-electron chi connectivity index (χ2n) is 5.28. The lowest BCUT2D eigenvalue weighted by Crippen LogP contribution is -2.46. The summed E-state index contributed by atoms with van der Waals surface area (Å²) in [4.78, 5) is 35.6. The number of nitrogens with one attached hydrogen (secondary N) is 3. The molecular weight excluding hydrogens is 310 g/mol. The van der Waals surface area contributed by atoms with Gasteiger partial charge < -0.3 is 27.4 Å². The van der Waals surface area contributed by atoms with Crippen LogP contribution in [0.25, 0.3) is 0 Å². The Labute approximate surface area is 141 Å². The van der Waals surface area contributed by atoms with E-state index in [1.807, 2.05) is 6.92 Å². The van der Waals surface area contributed by atoms with Gasteiger partial charge in [-0.15, -0.1) is 0 Å². The number of rotatable bonds is 9. The van der Waals surface area contributed by atoms with Crippen LogP contribution in [-0.2, 0) is 4.79 Å². The number of carbonyl (C=O) groups is 3. The SMILES string of the molecule is CCCCC(NC(N)=O)C(=O)Nc1ccccc1C(=O)NCCN. The smallest absolute Gasteiger partial charge is 0.312 e. The molecule has 0 aliphatic carbocycles. The fourth-order valence-electron chi connectivity index (χ4n) is 2.14. The third-order valence-electron chi connectivity index (χ3n) is 3.34. The Balaban J connectivity index is 2.87. The number of carbonyl (C=O) groups excluding carboxylic acids is 3. The molecule has 0 aromatic heterocycles. The average molecular weight is 335 g/mol. The van der Waals surface area contributed by atoms with E-state index in [1.54, 1.807) is 24.3 Å². The van der Waals surface area contributed by atoms with E-state index in [2.05, 4.69) is 16.0 Å². The number of anilines is 1. The highest BCUT2D eigenvalue weighted by atomic mass is 16.2. The van der Waals surface area contributed by atoms with Gasteiger partial charge in [-0.3, -0.25) is 9.59 Å². The monoisotopic (exact) mass is 335 g/mol. The molecule has 1 aromatic carbocycles. The molecule has 0 saturated carbocycles. The summed E-state index contributed by atoms with van der Waals surface area (Å²) in [6.07, 6.45) is 2.10. The Hall–Kier alpha value is -2.61. The van der Waals surface area contributed by atoms with Crippen molar-refractivity contribution in [1.82, 2.24) is 10.6 Å². The summed E-state index contributed by atoms with van der Waals surface area (Å²) in [6, 6.07) is 5.12. The third-order valence-corrected chi connectivity index (χ3v) is 3.34. The van der Waals surface area contributed by atoms with E-state index in [0.717, 1.165) is 12.8 Å². The molecule has 0 heterocycles. The normalized spacial score (nSPS) is 11.4. The molecule has 0 fully saturated rings. The first-order chi connectivity index (χ1) is 11.5. The largest absolute Gasteiger partial charge is 0.352 e. The first-order valence-electron chi connectivity index (χ1n) is 7.93. The lowest BCUT2D eigenvalue weighted by Gasteiger charge is -2.18. The number of unbranched alkanes of at least 4 members (excludes halogenated alkanes) is 1. The lowest BCUT2D eigenvalue weighted by molar-refractivity contribution is -0.118. The van der Waals surface area contributed by atoms with E-state index in [4.69, 9.17) is 11.5 Å². The Morgan fingerprint density at radius 1 is 1.21 bits per heavy atom. The zero-order chi connectivity index (χ0) is 17.9. The van der Waals surface area contributed by atoms with E-state index < -0.39 is 18.0 Å². The van der Waals surface area contributed by atoms with Crippen molar-refractivity contribution < 1.29 is 14.4 Å². The number of amides is 4. The zero-order valence-corrected chi connectivity index (χ0v) is 13.8. The van der Waals surface area contributed by atoms with Gasteiger partial charge in [-0.25, -0.2) is 4.79 Å². The van der Waals surface area contributed by atoms with Crippen molar-refractivity contribution in [2.24, 2.45) is 11.5 Å². The molecule has 0 radical (unpaired) electrons. The van der Waals surface area contributed by atoms with Gasteiger partial charge in [-0.1, -0.05) is 31.9 Å². The standard InChI is InChI=1S/C16H25N5O3/c1-2-3-7-13(21-16(18)24)15(23)20-12-8-5-4-6-11(12)14(22)19-10-9-17/h4-6,8,13H,2-3,7,9-10,17H2,1H3,(H,19,22)(H,20,23)(H3,18,21,24). The van der Waals surface area contributed by atoms with Crippen LogP contribution in [0.5, 0.6) is 0 Å². The average Bonchev–Trinajstić information content (AvgIpc) is 2.56. The highest BCUT2D eigenvalue weighted by Crippen LogP contribution is 2.16. The van der Waals surface area contributed by atoms with Gasteiger partial charge in [-0.2, -0.15) is 0 Å². The molecule has 0 aliphatic rings. The summed E-state index contributed by atoms with van der Waals surface area (Å²) < 4.78 is 0. The van der Waals surface area contributed by atoms with Gasteiger partial charge in [0.05, 0.1) is 11.3 Å². The minimum Gasteiger partial charge on any atom is -0.352 e. The van der Waals surface area contributed by atoms with Crippen LogP contribution in [0.15, 0.2) is 24.3 Å². The summed E-state index contributed by atoms with van der Waals surface area (Å²) in [6.45, 7) is 2.64. The molecule has 4 amide bonds. The molecule has 0 aliphatic heterocycles. The van der Waals surface area contributed by atoms with Crippen molar-refractivity contribution in [1.29, 1.82) is 0 Å². The van der Waals surface area contributed by atoms with Crippen LogP contribution in [0.3, 0.4) is 0 Å². The van der Waals surface area contributed by atoms with Crippen LogP contribution in [0.1, 0.15) is 36.5 Å². The summed E-state index contributed by atoms with van der Waals surface area (Å²) in [5.41, 5.74) is 11.2. The first kappa shape index (κ1) is 19.4. The maximum atomic E-state index is 12.4. The van der Waals surface area contributed by atoms with Gasteiger partial charge in [0.2, 0.25) is 5.91 Å². The molecule has 24 heavy (non-hydrogen) atoms. The fraction of sp³-hybridized carbons (Fsp3) is 0.438. The van der Waals surface area contributed by atoms with E-state index in [9.17, 15) is 14.4 Å². The van der Waals surface area contributed by atoms with Crippen molar-refractivity contribution in [3.8, 4) is 0 Å². The molecule has 1 unspecified atom stereocenters. The molecule has 8 nitrogen and oxygen atoms in total. The third kappa shape index (κ3) is 6.25. The minimum absolute atomic E-state index is 0.321. The van der Waals surface area contributed by atoms with Gasteiger partial charge in [0, 0.05) is 13.1 Å². The Morgan fingerprint density at radius 2 is 1.92 bits per heavy atom. The van der Waals surface area contributed by atoms with Gasteiger partial charge in [0.15, 0.2) is 0 Å². The number of primary amides is 1. The molecule has 1 rings (SSSR count). The molecule has 8 heteroatoms. The topological polar surface area (TPSA) is 139 Å². The quantitative estimate of drug-likeness (QED) is 0.449. The first-order valence-corrected chi connectivity index (χ1v) is 7.93. The number of urea groups is 1. The van der Waals surface area contributed by atoms with Gasteiger partial charge in [0.1, 0.15) is 6.04 Å². The van der Waals surface area contributed by atoms with E-state index in [0.29, 0.717) is 30.8 Å². The Kier molecular flexibility index (Phi) is 8.28. The molecule has 0 saturated heterocycles. The van der Waals surface area contributed by atoms with Gasteiger partial charge in [-0.05, 0) is 18.6 Å². The van der Waals surface area contributed by atoms with E-state index in [-0.39, 0.29) is 5.91 Å². The van der Waals surface area contributed by atoms with Crippen molar-refractivity contribution >= 4 is 23.5 Å². The number of para-hydroxylation sites is 1. The van der Waals surface area contributed by atoms with Crippen LogP contribution in [0.2, 0.25) is 0 Å². The maximum Gasteiger partial charge on any atom is 0.312 e. The van der Waals surface area contributed by atoms with Crippen molar-refractivity contribution in [2.45, 2.75) is 32.2 Å². The zero-order valence-electron chi connectivity index (χ0n) is 13.8. The summed E-state index contributed by atoms with van der Waals surface area (Å²) in [5, 5.41) is 7.76. The molecule has 7 N–H and O–H groups in total. The molecule has 1 atom stereocenters. The molecule has 1 aromatic rings. The predicted octanol–water partition coefficient (Wildman–Crippen LogP) is 0.541.